The van der Waals surface area contributed by atoms with Crippen LogP contribution < -0.4 is 5.32 Å². The highest BCUT2D eigenvalue weighted by Gasteiger charge is 2.34. The summed E-state index contributed by atoms with van der Waals surface area (Å²) in [4.78, 5) is 23.8. The monoisotopic (exact) mass is 323 g/mol. The third-order valence-electron chi connectivity index (χ3n) is 3.28. The molecule has 6 heteroatoms. The van der Waals surface area contributed by atoms with E-state index in [9.17, 15) is 9.59 Å². The Bertz CT molecular complexity index is 485. The molecule has 0 bridgehead atoms. The van der Waals surface area contributed by atoms with Gasteiger partial charge in [-0.1, -0.05) is 50.0 Å². The molecule has 0 saturated heterocycles. The third kappa shape index (κ3) is 6.30. The van der Waals surface area contributed by atoms with Crippen LogP contribution in [0, 0.1) is 0 Å². The average molecular weight is 323 g/mol. The smallest absolute Gasteiger partial charge is 0.407 e. The van der Waals surface area contributed by atoms with Gasteiger partial charge < -0.3 is 14.8 Å². The second-order valence-electron chi connectivity index (χ2n) is 6.11. The quantitative estimate of drug-likeness (QED) is 0.618. The number of esters is 1. The van der Waals surface area contributed by atoms with E-state index in [1.54, 1.807) is 6.92 Å². The Hall–Kier alpha value is -1.82. The normalized spacial score (nSPS) is 12.4. The van der Waals surface area contributed by atoms with E-state index in [4.69, 9.17) is 9.47 Å². The van der Waals surface area contributed by atoms with Crippen LogP contribution in [0.2, 0.25) is 25.2 Å². The predicted molar refractivity (Wildman–Crippen MR) is 88.4 cm³/mol. The molecule has 0 aliphatic carbocycles. The lowest BCUT2D eigenvalue weighted by Gasteiger charge is -2.26. The van der Waals surface area contributed by atoms with Gasteiger partial charge in [-0.05, 0) is 12.5 Å². The number of alkyl carbamates (subject to hydrolysis) is 1. The maximum atomic E-state index is 12.0. The molecule has 1 atom stereocenters. The van der Waals surface area contributed by atoms with Gasteiger partial charge in [0.05, 0.1) is 20.2 Å². The van der Waals surface area contributed by atoms with Crippen molar-refractivity contribution in [2.75, 3.05) is 13.2 Å². The molecule has 22 heavy (non-hydrogen) atoms. The van der Waals surface area contributed by atoms with Crippen LogP contribution in [-0.4, -0.2) is 33.3 Å². The van der Waals surface area contributed by atoms with Gasteiger partial charge in [-0.2, -0.15) is 0 Å². The standard InChI is InChI=1S/C16H25NO4Si/c1-5-20-15(18)14(22(2,3)4)11-17-16(19)21-12-13-9-7-6-8-10-13/h6-10,14H,5,11-12H2,1-4H3,(H,17,19). The van der Waals surface area contributed by atoms with Crippen molar-refractivity contribution in [3.63, 3.8) is 0 Å². The number of hydrogen-bond donors (Lipinski definition) is 1. The van der Waals surface area contributed by atoms with Crippen molar-refractivity contribution in [1.29, 1.82) is 0 Å². The molecule has 0 aliphatic rings. The first kappa shape index (κ1) is 18.2. The highest BCUT2D eigenvalue weighted by atomic mass is 28.3. The van der Waals surface area contributed by atoms with E-state index in [2.05, 4.69) is 25.0 Å². The molecule has 122 valence electrons. The summed E-state index contributed by atoms with van der Waals surface area (Å²) < 4.78 is 10.2. The molecule has 0 aromatic heterocycles. The topological polar surface area (TPSA) is 64.6 Å². The van der Waals surface area contributed by atoms with Crippen LogP contribution in [0.5, 0.6) is 0 Å². The van der Waals surface area contributed by atoms with Crippen LogP contribution in [0.25, 0.3) is 0 Å². The number of carbonyl (C=O) groups is 2. The molecule has 0 saturated carbocycles. The minimum absolute atomic E-state index is 0.212. The highest BCUT2D eigenvalue weighted by Crippen LogP contribution is 2.22. The SMILES string of the molecule is CCOC(=O)C(CNC(=O)OCc1ccccc1)[Si](C)(C)C. The number of carbonyl (C=O) groups excluding carboxylic acids is 2. The van der Waals surface area contributed by atoms with Gasteiger partial charge in [0, 0.05) is 6.54 Å². The molecule has 1 amide bonds. The number of ether oxygens (including phenoxy) is 2. The van der Waals surface area contributed by atoms with Crippen LogP contribution in [-0.2, 0) is 20.9 Å². The van der Waals surface area contributed by atoms with Crippen molar-refractivity contribution in [2.24, 2.45) is 0 Å². The van der Waals surface area contributed by atoms with Gasteiger partial charge in [0.1, 0.15) is 6.61 Å². The van der Waals surface area contributed by atoms with Gasteiger partial charge in [0.15, 0.2) is 0 Å². The van der Waals surface area contributed by atoms with Crippen molar-refractivity contribution in [1.82, 2.24) is 5.32 Å². The highest BCUT2D eigenvalue weighted by molar-refractivity contribution is 6.80. The van der Waals surface area contributed by atoms with E-state index in [-0.39, 0.29) is 24.7 Å². The van der Waals surface area contributed by atoms with Gasteiger partial charge >= 0.3 is 12.1 Å². The lowest BCUT2D eigenvalue weighted by atomic mass is 10.2. The minimum Gasteiger partial charge on any atom is -0.466 e. The van der Waals surface area contributed by atoms with Gasteiger partial charge in [-0.15, -0.1) is 0 Å². The largest absolute Gasteiger partial charge is 0.466 e. The zero-order valence-electron chi connectivity index (χ0n) is 13.7. The van der Waals surface area contributed by atoms with Crippen LogP contribution in [0.15, 0.2) is 30.3 Å². The number of nitrogens with one attached hydrogen (secondary N) is 1. The molecule has 0 fully saturated rings. The molecule has 1 aromatic carbocycles. The van der Waals surface area contributed by atoms with Gasteiger partial charge in [0.25, 0.3) is 0 Å². The van der Waals surface area contributed by atoms with Crippen molar-refractivity contribution in [2.45, 2.75) is 38.7 Å². The molecule has 1 aromatic rings. The summed E-state index contributed by atoms with van der Waals surface area (Å²) in [7, 11) is -1.79. The van der Waals surface area contributed by atoms with Crippen molar-refractivity contribution < 1.29 is 19.1 Å². The first-order valence-corrected chi connectivity index (χ1v) is 11.0. The van der Waals surface area contributed by atoms with E-state index in [0.717, 1.165) is 5.56 Å². The maximum Gasteiger partial charge on any atom is 0.407 e. The zero-order valence-corrected chi connectivity index (χ0v) is 14.7. The molecule has 0 heterocycles. The number of rotatable bonds is 7. The molecular formula is C16H25NO4Si. The van der Waals surface area contributed by atoms with Crippen molar-refractivity contribution >= 4 is 20.1 Å². The number of benzene rings is 1. The lowest BCUT2D eigenvalue weighted by molar-refractivity contribution is -0.143. The summed E-state index contributed by atoms with van der Waals surface area (Å²) in [6.07, 6.45) is -0.517. The maximum absolute atomic E-state index is 12.0. The van der Waals surface area contributed by atoms with Crippen LogP contribution in [0.1, 0.15) is 12.5 Å². The van der Waals surface area contributed by atoms with Crippen molar-refractivity contribution in [3.05, 3.63) is 35.9 Å². The molecule has 0 spiro atoms. The predicted octanol–water partition coefficient (Wildman–Crippen LogP) is 3.18. The third-order valence-corrected chi connectivity index (χ3v) is 5.81. The second kappa shape index (κ2) is 8.58. The Balaban J connectivity index is 2.47. The van der Waals surface area contributed by atoms with E-state index in [1.165, 1.54) is 0 Å². The Kier molecular flexibility index (Phi) is 7.11. The fraction of sp³-hybridized carbons (Fsp3) is 0.500. The summed E-state index contributed by atoms with van der Waals surface area (Å²) in [5.74, 6) is -0.245. The van der Waals surface area contributed by atoms with Gasteiger partial charge in [-0.3, -0.25) is 4.79 Å². The van der Waals surface area contributed by atoms with E-state index in [0.29, 0.717) is 6.61 Å². The summed E-state index contributed by atoms with van der Waals surface area (Å²) in [6.45, 7) is 8.81. The zero-order chi connectivity index (χ0) is 16.6. The fourth-order valence-electron chi connectivity index (χ4n) is 1.95. The van der Waals surface area contributed by atoms with Gasteiger partial charge in [0.2, 0.25) is 0 Å². The summed E-state index contributed by atoms with van der Waals surface area (Å²) >= 11 is 0. The lowest BCUT2D eigenvalue weighted by Crippen LogP contribution is -2.42. The number of hydrogen-bond acceptors (Lipinski definition) is 4. The fourth-order valence-corrected chi connectivity index (χ4v) is 3.45. The van der Waals surface area contributed by atoms with E-state index < -0.39 is 14.2 Å². The molecule has 0 aliphatic heterocycles. The molecule has 1 unspecified atom stereocenters. The summed E-state index contributed by atoms with van der Waals surface area (Å²) in [5.41, 5.74) is 0.640. The Labute approximate surface area is 133 Å². The van der Waals surface area contributed by atoms with Crippen LogP contribution in [0.4, 0.5) is 4.79 Å². The second-order valence-corrected chi connectivity index (χ2v) is 11.5. The molecule has 0 radical (unpaired) electrons. The van der Waals surface area contributed by atoms with Gasteiger partial charge in [-0.25, -0.2) is 4.79 Å². The average Bonchev–Trinajstić information content (AvgIpc) is 2.45. The number of amides is 1. The first-order valence-electron chi connectivity index (χ1n) is 7.45. The van der Waals surface area contributed by atoms with E-state index in [1.807, 2.05) is 30.3 Å². The minimum atomic E-state index is -1.79. The summed E-state index contributed by atoms with van der Waals surface area (Å²) in [5, 5.41) is 2.67. The molecule has 1 rings (SSSR count). The van der Waals surface area contributed by atoms with E-state index >= 15 is 0 Å². The van der Waals surface area contributed by atoms with Crippen molar-refractivity contribution in [3.8, 4) is 0 Å². The molecule has 5 nitrogen and oxygen atoms in total. The summed E-state index contributed by atoms with van der Waals surface area (Å²) in [6, 6.07) is 9.45. The van der Waals surface area contributed by atoms with Crippen LogP contribution in [0.3, 0.4) is 0 Å². The Morgan fingerprint density at radius 2 is 1.77 bits per heavy atom. The molecule has 1 N–H and O–H groups in total. The first-order chi connectivity index (χ1) is 10.3. The Morgan fingerprint density at radius 3 is 2.32 bits per heavy atom. The molecular weight excluding hydrogens is 298 g/mol. The van der Waals surface area contributed by atoms with Crippen LogP contribution >= 0.6 is 0 Å². The Morgan fingerprint density at radius 1 is 1.14 bits per heavy atom.